The van der Waals surface area contributed by atoms with Crippen LogP contribution in [-0.2, 0) is 0 Å². The predicted octanol–water partition coefficient (Wildman–Crippen LogP) is 1.88. The molecule has 0 nitrogen and oxygen atoms in total. The van der Waals surface area contributed by atoms with E-state index in [9.17, 15) is 26.2 Å². The van der Waals surface area contributed by atoms with Crippen LogP contribution in [0.2, 0.25) is 0 Å². The first-order valence-corrected chi connectivity index (χ1v) is 3.06. The van der Waals surface area contributed by atoms with Crippen LogP contribution in [0, 0.1) is 23.3 Å². The van der Waals surface area contributed by atoms with Gasteiger partial charge in [0.1, 0.15) is 0 Å². The molecule has 13 heavy (non-hydrogen) atoms. The summed E-state index contributed by atoms with van der Waals surface area (Å²) in [6, 6.07) is -0.128. The number of rotatable bonds is 1. The van der Waals surface area contributed by atoms with Gasteiger partial charge in [-0.2, -0.15) is 0 Å². The zero-order chi connectivity index (χ0) is 10.2. The van der Waals surface area contributed by atoms with Gasteiger partial charge in [0.25, 0.3) is 0 Å². The molecule has 1 aromatic carbocycles. The maximum Gasteiger partial charge on any atom is 0.578 e. The summed E-state index contributed by atoms with van der Waals surface area (Å²) in [5.41, 5.74) is -1.88. The molecule has 70 valence electrons. The van der Waals surface area contributed by atoms with Crippen LogP contribution in [0.4, 0.5) is 26.2 Å². The Bertz CT molecular complexity index is 310. The first-order valence-electron chi connectivity index (χ1n) is 3.06. The van der Waals surface area contributed by atoms with Crippen molar-refractivity contribution in [2.75, 3.05) is 0 Å². The highest BCUT2D eigenvalue weighted by atomic mass is 19.2. The maximum absolute atomic E-state index is 12.4. The van der Waals surface area contributed by atoms with E-state index in [1.807, 2.05) is 0 Å². The van der Waals surface area contributed by atoms with E-state index < -0.39 is 36.0 Å². The lowest BCUT2D eigenvalue weighted by Gasteiger charge is -2.02. The predicted molar refractivity (Wildman–Crippen MR) is 33.9 cm³/mol. The molecule has 0 heterocycles. The Hall–Kier alpha value is -1.14. The molecule has 0 atom stereocenters. The molecule has 0 aliphatic carbocycles. The van der Waals surface area contributed by atoms with E-state index in [1.54, 1.807) is 0 Å². The Morgan fingerprint density at radius 3 is 1.54 bits per heavy atom. The summed E-state index contributed by atoms with van der Waals surface area (Å²) in [6.45, 7) is 0. The molecule has 0 spiro atoms. The van der Waals surface area contributed by atoms with E-state index in [1.165, 1.54) is 0 Å². The molecule has 0 saturated carbocycles. The third-order valence-corrected chi connectivity index (χ3v) is 1.36. The maximum atomic E-state index is 12.4. The fourth-order valence-corrected chi connectivity index (χ4v) is 0.783. The molecule has 0 amide bonds. The normalized spacial score (nSPS) is 10.3. The average molecular weight is 198 g/mol. The van der Waals surface area contributed by atoms with Crippen molar-refractivity contribution in [1.29, 1.82) is 0 Å². The summed E-state index contributed by atoms with van der Waals surface area (Å²) in [5, 5.41) is 0. The standard InChI is InChI=1S/C6HBF6/c8-2-1-3(9)6(11)4(5(2)10)7(12)13/h1H. The SMILES string of the molecule is FB(F)c1c(F)c(F)cc(F)c1F. The summed E-state index contributed by atoms with van der Waals surface area (Å²) in [7, 11) is -3.59. The Balaban J connectivity index is 3.46. The van der Waals surface area contributed by atoms with Crippen molar-refractivity contribution >= 4 is 12.7 Å². The lowest BCUT2D eigenvalue weighted by molar-refractivity contribution is 0.459. The lowest BCUT2D eigenvalue weighted by Crippen LogP contribution is -2.30. The van der Waals surface area contributed by atoms with Gasteiger partial charge in [0.05, 0.1) is 5.46 Å². The van der Waals surface area contributed by atoms with Crippen LogP contribution in [0.5, 0.6) is 0 Å². The van der Waals surface area contributed by atoms with E-state index in [0.29, 0.717) is 0 Å². The molecule has 0 unspecified atom stereocenters. The fraction of sp³-hybridized carbons (Fsp3) is 0. The minimum absolute atomic E-state index is 0.128. The first kappa shape index (κ1) is 9.95. The van der Waals surface area contributed by atoms with Gasteiger partial charge in [-0.05, 0) is 0 Å². The van der Waals surface area contributed by atoms with Crippen molar-refractivity contribution in [1.82, 2.24) is 0 Å². The van der Waals surface area contributed by atoms with Gasteiger partial charge in [-0.25, -0.2) is 17.6 Å². The van der Waals surface area contributed by atoms with Gasteiger partial charge in [0.15, 0.2) is 23.3 Å². The summed E-state index contributed by atoms with van der Waals surface area (Å²) in [6.07, 6.45) is 0. The Kier molecular flexibility index (Phi) is 2.54. The molecule has 0 aliphatic heterocycles. The number of halogens is 6. The number of hydrogen-bond donors (Lipinski definition) is 0. The van der Waals surface area contributed by atoms with Crippen molar-refractivity contribution in [2.45, 2.75) is 0 Å². The van der Waals surface area contributed by atoms with Gasteiger partial charge in [-0.1, -0.05) is 0 Å². The molecule has 0 aromatic heterocycles. The Labute approximate surface area is 69.3 Å². The van der Waals surface area contributed by atoms with Gasteiger partial charge in [-0.3, -0.25) is 8.63 Å². The molecule has 1 rings (SSSR count). The molecular formula is C6HBF6. The molecule has 0 fully saturated rings. The molecule has 1 aromatic rings. The average Bonchev–Trinajstić information content (AvgIpc) is 2.01. The topological polar surface area (TPSA) is 0 Å². The van der Waals surface area contributed by atoms with E-state index in [0.717, 1.165) is 0 Å². The minimum Gasteiger partial charge on any atom is -0.281 e. The minimum atomic E-state index is -3.59. The lowest BCUT2D eigenvalue weighted by atomic mass is 9.84. The van der Waals surface area contributed by atoms with E-state index in [-0.39, 0.29) is 6.07 Å². The second-order valence-electron chi connectivity index (χ2n) is 2.18. The second-order valence-corrected chi connectivity index (χ2v) is 2.18. The number of hydrogen-bond acceptors (Lipinski definition) is 0. The van der Waals surface area contributed by atoms with Gasteiger partial charge in [-0.15, -0.1) is 0 Å². The van der Waals surface area contributed by atoms with Crippen molar-refractivity contribution < 1.29 is 26.2 Å². The van der Waals surface area contributed by atoms with Crippen LogP contribution in [0.25, 0.3) is 0 Å². The Morgan fingerprint density at radius 2 is 1.23 bits per heavy atom. The van der Waals surface area contributed by atoms with E-state index in [2.05, 4.69) is 0 Å². The third-order valence-electron chi connectivity index (χ3n) is 1.36. The van der Waals surface area contributed by atoms with Crippen LogP contribution < -0.4 is 5.46 Å². The molecule has 0 saturated heterocycles. The highest BCUT2D eigenvalue weighted by Gasteiger charge is 2.30. The summed E-state index contributed by atoms with van der Waals surface area (Å²) in [4.78, 5) is 0. The van der Waals surface area contributed by atoms with Crippen LogP contribution in [0.15, 0.2) is 6.07 Å². The second kappa shape index (κ2) is 3.31. The molecule has 7 heteroatoms. The van der Waals surface area contributed by atoms with E-state index >= 15 is 0 Å². The van der Waals surface area contributed by atoms with E-state index in [4.69, 9.17) is 0 Å². The van der Waals surface area contributed by atoms with Crippen LogP contribution in [0.1, 0.15) is 0 Å². The van der Waals surface area contributed by atoms with Crippen molar-refractivity contribution in [2.24, 2.45) is 0 Å². The third kappa shape index (κ3) is 1.63. The van der Waals surface area contributed by atoms with Gasteiger partial charge in [0, 0.05) is 6.07 Å². The van der Waals surface area contributed by atoms with Crippen molar-refractivity contribution in [3.63, 3.8) is 0 Å². The largest absolute Gasteiger partial charge is 0.578 e. The molecular weight excluding hydrogens is 197 g/mol. The summed E-state index contributed by atoms with van der Waals surface area (Å²) >= 11 is 0. The smallest absolute Gasteiger partial charge is 0.281 e. The van der Waals surface area contributed by atoms with Crippen LogP contribution in [0.3, 0.4) is 0 Å². The molecule has 0 N–H and O–H groups in total. The first-order chi connectivity index (χ1) is 5.95. The molecule has 0 radical (unpaired) electrons. The monoisotopic (exact) mass is 198 g/mol. The zero-order valence-corrected chi connectivity index (χ0v) is 5.92. The van der Waals surface area contributed by atoms with Crippen molar-refractivity contribution in [3.8, 4) is 0 Å². The van der Waals surface area contributed by atoms with Crippen LogP contribution >= 0.6 is 0 Å². The van der Waals surface area contributed by atoms with Gasteiger partial charge in [0.2, 0.25) is 0 Å². The highest BCUT2D eigenvalue weighted by molar-refractivity contribution is 6.60. The zero-order valence-electron chi connectivity index (χ0n) is 5.92. The quantitative estimate of drug-likeness (QED) is 0.367. The fourth-order valence-electron chi connectivity index (χ4n) is 0.783. The summed E-state index contributed by atoms with van der Waals surface area (Å²) in [5.74, 6) is -7.80. The van der Waals surface area contributed by atoms with Gasteiger partial charge >= 0.3 is 7.27 Å². The molecule has 0 bridgehead atoms. The van der Waals surface area contributed by atoms with Crippen LogP contribution in [-0.4, -0.2) is 7.27 Å². The number of benzene rings is 1. The van der Waals surface area contributed by atoms with Gasteiger partial charge < -0.3 is 0 Å². The van der Waals surface area contributed by atoms with Crippen molar-refractivity contribution in [3.05, 3.63) is 29.3 Å². The Morgan fingerprint density at radius 1 is 0.846 bits per heavy atom. The molecule has 0 aliphatic rings. The summed E-state index contributed by atoms with van der Waals surface area (Å²) < 4.78 is 73.1. The highest BCUT2D eigenvalue weighted by Crippen LogP contribution is 2.11.